The second-order valence-corrected chi connectivity index (χ2v) is 6.53. The molecule has 0 N–H and O–H groups in total. The Kier molecular flexibility index (Phi) is 2.13. The van der Waals surface area contributed by atoms with Crippen LogP contribution in [-0.2, 0) is 5.60 Å². The van der Waals surface area contributed by atoms with Crippen molar-refractivity contribution in [2.45, 2.75) is 19.4 Å². The van der Waals surface area contributed by atoms with E-state index in [1.807, 2.05) is 18.2 Å². The summed E-state index contributed by atoms with van der Waals surface area (Å²) >= 11 is 5.09. The van der Waals surface area contributed by atoms with Crippen LogP contribution in [0.2, 0.25) is 0 Å². The number of nitrogens with zero attached hydrogens (tertiary/aromatic N) is 1. The molecule has 1 aliphatic heterocycles. The van der Waals surface area contributed by atoms with Gasteiger partial charge in [0.05, 0.1) is 10.6 Å². The maximum atomic E-state index is 6.01. The number of hydrogen-bond donors (Lipinski definition) is 0. The average Bonchev–Trinajstić information content (AvgIpc) is 2.61. The number of thiazole rings is 1. The van der Waals surface area contributed by atoms with Crippen LogP contribution in [0.3, 0.4) is 0 Å². The molecule has 16 heavy (non-hydrogen) atoms. The maximum absolute atomic E-state index is 6.01. The molecule has 0 spiro atoms. The van der Waals surface area contributed by atoms with E-state index in [9.17, 15) is 0 Å². The van der Waals surface area contributed by atoms with Gasteiger partial charge >= 0.3 is 0 Å². The molecule has 2 heterocycles. The van der Waals surface area contributed by atoms with Gasteiger partial charge in [0.2, 0.25) is 0 Å². The molecule has 0 saturated heterocycles. The summed E-state index contributed by atoms with van der Waals surface area (Å²) in [7, 11) is 0. The molecule has 0 atom stereocenters. The third-order valence-corrected chi connectivity index (χ3v) is 4.47. The Morgan fingerprint density at radius 3 is 2.88 bits per heavy atom. The molecule has 0 fully saturated rings. The number of para-hydroxylation sites is 1. The van der Waals surface area contributed by atoms with E-state index in [0.717, 1.165) is 20.9 Å². The molecule has 1 aromatic carbocycles. The number of fused-ring (bicyclic) bond motifs is 3. The van der Waals surface area contributed by atoms with Crippen LogP contribution >= 0.6 is 27.3 Å². The summed E-state index contributed by atoms with van der Waals surface area (Å²) in [6, 6.07) is 8.04. The summed E-state index contributed by atoms with van der Waals surface area (Å²) < 4.78 is 6.92. The van der Waals surface area contributed by atoms with Crippen molar-refractivity contribution >= 4 is 27.3 Å². The van der Waals surface area contributed by atoms with Crippen LogP contribution in [-0.4, -0.2) is 4.98 Å². The van der Waals surface area contributed by atoms with Crippen molar-refractivity contribution in [3.8, 4) is 17.0 Å². The van der Waals surface area contributed by atoms with E-state index in [2.05, 4.69) is 40.8 Å². The molecule has 82 valence electrons. The van der Waals surface area contributed by atoms with Crippen molar-refractivity contribution in [1.82, 2.24) is 4.98 Å². The smallest absolute Gasteiger partial charge is 0.160 e. The van der Waals surface area contributed by atoms with E-state index < -0.39 is 0 Å². The van der Waals surface area contributed by atoms with Crippen molar-refractivity contribution in [1.29, 1.82) is 0 Å². The molecule has 0 bridgehead atoms. The third-order valence-electron chi connectivity index (χ3n) is 2.66. The Balaban J connectivity index is 2.33. The van der Waals surface area contributed by atoms with Gasteiger partial charge in [0.25, 0.3) is 0 Å². The van der Waals surface area contributed by atoms with E-state index in [1.54, 1.807) is 11.3 Å². The molecule has 1 aliphatic rings. The first kappa shape index (κ1) is 10.3. The fourth-order valence-electron chi connectivity index (χ4n) is 1.96. The van der Waals surface area contributed by atoms with Crippen molar-refractivity contribution < 1.29 is 4.74 Å². The predicted octanol–water partition coefficient (Wildman–Crippen LogP) is 4.20. The predicted molar refractivity (Wildman–Crippen MR) is 68.9 cm³/mol. The molecule has 0 saturated carbocycles. The van der Waals surface area contributed by atoms with Crippen LogP contribution in [0.15, 0.2) is 28.2 Å². The highest BCUT2D eigenvalue weighted by Crippen LogP contribution is 2.47. The zero-order valence-corrected chi connectivity index (χ0v) is 11.4. The quantitative estimate of drug-likeness (QED) is 0.727. The summed E-state index contributed by atoms with van der Waals surface area (Å²) in [4.78, 5) is 5.72. The normalized spacial score (nSPS) is 16.2. The molecule has 0 aliphatic carbocycles. The minimum atomic E-state index is -0.298. The summed E-state index contributed by atoms with van der Waals surface area (Å²) in [6.45, 7) is 4.15. The molecule has 1 aromatic heterocycles. The summed E-state index contributed by atoms with van der Waals surface area (Å²) in [5.41, 5.74) is 1.83. The second-order valence-electron chi connectivity index (χ2n) is 4.25. The molecule has 0 unspecified atom stereocenters. The zero-order valence-electron chi connectivity index (χ0n) is 8.95. The summed E-state index contributed by atoms with van der Waals surface area (Å²) in [5, 5.41) is 0. The van der Waals surface area contributed by atoms with Gasteiger partial charge in [0, 0.05) is 5.56 Å². The van der Waals surface area contributed by atoms with E-state index >= 15 is 0 Å². The monoisotopic (exact) mass is 295 g/mol. The van der Waals surface area contributed by atoms with Gasteiger partial charge < -0.3 is 4.74 Å². The van der Waals surface area contributed by atoms with Crippen LogP contribution in [0, 0.1) is 0 Å². The SMILES string of the molecule is CC1(C)Oc2ccccc2-c2nc(Br)sc21. The lowest BCUT2D eigenvalue weighted by molar-refractivity contribution is 0.109. The third kappa shape index (κ3) is 1.40. The number of hydrogen-bond acceptors (Lipinski definition) is 3. The Morgan fingerprint density at radius 2 is 2.06 bits per heavy atom. The lowest BCUT2D eigenvalue weighted by atomic mass is 9.97. The first-order chi connectivity index (χ1) is 7.58. The number of ether oxygens (including phenoxy) is 1. The van der Waals surface area contributed by atoms with Gasteiger partial charge in [0.15, 0.2) is 3.92 Å². The van der Waals surface area contributed by atoms with E-state index in [4.69, 9.17) is 4.74 Å². The number of aromatic nitrogens is 1. The first-order valence-electron chi connectivity index (χ1n) is 5.03. The fourth-order valence-corrected chi connectivity index (χ4v) is 3.47. The highest BCUT2D eigenvalue weighted by molar-refractivity contribution is 9.11. The van der Waals surface area contributed by atoms with Crippen LogP contribution in [0.1, 0.15) is 18.7 Å². The Hall–Kier alpha value is -0.870. The minimum Gasteiger partial charge on any atom is -0.482 e. The Labute approximate surface area is 106 Å². The van der Waals surface area contributed by atoms with Crippen molar-refractivity contribution in [2.75, 3.05) is 0 Å². The van der Waals surface area contributed by atoms with Crippen LogP contribution in [0.4, 0.5) is 0 Å². The fraction of sp³-hybridized carbons (Fsp3) is 0.250. The lowest BCUT2D eigenvalue weighted by Crippen LogP contribution is -2.27. The van der Waals surface area contributed by atoms with Crippen molar-refractivity contribution in [2.24, 2.45) is 0 Å². The van der Waals surface area contributed by atoms with E-state index in [1.165, 1.54) is 4.88 Å². The number of benzene rings is 1. The largest absolute Gasteiger partial charge is 0.482 e. The minimum absolute atomic E-state index is 0.298. The van der Waals surface area contributed by atoms with E-state index in [-0.39, 0.29) is 5.60 Å². The molecule has 2 aromatic rings. The summed E-state index contributed by atoms with van der Waals surface area (Å²) in [6.07, 6.45) is 0. The number of rotatable bonds is 0. The van der Waals surface area contributed by atoms with E-state index in [0.29, 0.717) is 0 Å². The molecule has 4 heteroatoms. The average molecular weight is 296 g/mol. The van der Waals surface area contributed by atoms with Gasteiger partial charge in [-0.1, -0.05) is 12.1 Å². The topological polar surface area (TPSA) is 22.1 Å². The van der Waals surface area contributed by atoms with Gasteiger partial charge in [-0.25, -0.2) is 4.98 Å². The van der Waals surface area contributed by atoms with Crippen LogP contribution < -0.4 is 4.74 Å². The molecule has 0 amide bonds. The molecule has 2 nitrogen and oxygen atoms in total. The van der Waals surface area contributed by atoms with Crippen LogP contribution in [0.5, 0.6) is 5.75 Å². The lowest BCUT2D eigenvalue weighted by Gasteiger charge is -2.31. The molecular formula is C12H10BrNOS. The number of halogens is 1. The highest BCUT2D eigenvalue weighted by Gasteiger charge is 2.35. The van der Waals surface area contributed by atoms with Crippen molar-refractivity contribution in [3.63, 3.8) is 0 Å². The molecule has 0 radical (unpaired) electrons. The standard InChI is InChI=1S/C12H10BrNOS/c1-12(2)10-9(14-11(13)16-10)7-5-3-4-6-8(7)15-12/h3-6H,1-2H3. The van der Waals surface area contributed by atoms with Gasteiger partial charge in [0.1, 0.15) is 11.4 Å². The maximum Gasteiger partial charge on any atom is 0.160 e. The van der Waals surface area contributed by atoms with Crippen molar-refractivity contribution in [3.05, 3.63) is 33.1 Å². The second kappa shape index (κ2) is 3.31. The van der Waals surface area contributed by atoms with Gasteiger partial charge in [-0.05, 0) is 41.9 Å². The highest BCUT2D eigenvalue weighted by atomic mass is 79.9. The van der Waals surface area contributed by atoms with Gasteiger partial charge in [-0.15, -0.1) is 11.3 Å². The zero-order chi connectivity index (χ0) is 11.3. The first-order valence-corrected chi connectivity index (χ1v) is 6.64. The molecular weight excluding hydrogens is 286 g/mol. The van der Waals surface area contributed by atoms with Gasteiger partial charge in [-0.3, -0.25) is 0 Å². The Bertz CT molecular complexity index is 562. The Morgan fingerprint density at radius 1 is 1.31 bits per heavy atom. The molecule has 3 rings (SSSR count). The van der Waals surface area contributed by atoms with Crippen LogP contribution in [0.25, 0.3) is 11.3 Å². The summed E-state index contributed by atoms with van der Waals surface area (Å²) in [5.74, 6) is 0.915. The van der Waals surface area contributed by atoms with Gasteiger partial charge in [-0.2, -0.15) is 0 Å².